The minimum absolute atomic E-state index is 0.0807. The average molecular weight is 357 g/mol. The van der Waals surface area contributed by atoms with Crippen LogP contribution in [0.2, 0.25) is 0 Å². The van der Waals surface area contributed by atoms with Gasteiger partial charge in [0, 0.05) is 24.7 Å². The predicted molar refractivity (Wildman–Crippen MR) is 95.9 cm³/mol. The van der Waals surface area contributed by atoms with Crippen molar-refractivity contribution >= 4 is 29.1 Å². The summed E-state index contributed by atoms with van der Waals surface area (Å²) in [5.74, 6) is -0.0366. The first kappa shape index (κ1) is 16.9. The number of anilines is 2. The van der Waals surface area contributed by atoms with E-state index in [1.165, 1.54) is 0 Å². The molecule has 0 radical (unpaired) electrons. The largest absolute Gasteiger partial charge is 0.479 e. The molecule has 1 saturated heterocycles. The van der Waals surface area contributed by atoms with Gasteiger partial charge in [-0.1, -0.05) is 12.8 Å². The number of carbonyl (C=O) groups is 3. The number of likely N-dealkylation sites (tertiary alicyclic amines) is 1. The molecule has 7 heteroatoms. The van der Waals surface area contributed by atoms with Gasteiger partial charge in [-0.25, -0.2) is 0 Å². The molecule has 1 aliphatic carbocycles. The van der Waals surface area contributed by atoms with E-state index in [1.54, 1.807) is 25.1 Å². The number of benzene rings is 1. The lowest BCUT2D eigenvalue weighted by Gasteiger charge is -2.24. The quantitative estimate of drug-likeness (QED) is 0.867. The third kappa shape index (κ3) is 3.13. The smallest absolute Gasteiger partial charge is 0.265 e. The number of fused-ring (bicyclic) bond motifs is 1. The molecule has 2 aliphatic heterocycles. The van der Waals surface area contributed by atoms with E-state index in [0.717, 1.165) is 25.7 Å². The molecule has 3 amide bonds. The van der Waals surface area contributed by atoms with Crippen LogP contribution in [0.1, 0.15) is 39.0 Å². The summed E-state index contributed by atoms with van der Waals surface area (Å²) < 4.78 is 5.51. The topological polar surface area (TPSA) is 87.7 Å². The van der Waals surface area contributed by atoms with Crippen molar-refractivity contribution in [3.8, 4) is 5.75 Å². The number of nitrogens with zero attached hydrogens (tertiary/aromatic N) is 1. The third-order valence-corrected chi connectivity index (χ3v) is 5.47. The van der Waals surface area contributed by atoms with E-state index >= 15 is 0 Å². The minimum atomic E-state index is -0.533. The Morgan fingerprint density at radius 2 is 2.04 bits per heavy atom. The van der Waals surface area contributed by atoms with Crippen LogP contribution >= 0.6 is 0 Å². The summed E-state index contributed by atoms with van der Waals surface area (Å²) in [6.45, 7) is 2.18. The minimum Gasteiger partial charge on any atom is -0.479 e. The number of rotatable bonds is 3. The van der Waals surface area contributed by atoms with Crippen LogP contribution in [-0.2, 0) is 14.4 Å². The molecule has 26 heavy (non-hydrogen) atoms. The van der Waals surface area contributed by atoms with Crippen LogP contribution in [0.15, 0.2) is 18.2 Å². The zero-order chi connectivity index (χ0) is 18.3. The van der Waals surface area contributed by atoms with Crippen LogP contribution in [0.3, 0.4) is 0 Å². The van der Waals surface area contributed by atoms with Crippen molar-refractivity contribution < 1.29 is 19.1 Å². The van der Waals surface area contributed by atoms with Gasteiger partial charge in [-0.15, -0.1) is 0 Å². The molecule has 7 nitrogen and oxygen atoms in total. The highest BCUT2D eigenvalue weighted by Crippen LogP contribution is 2.33. The number of amides is 3. The lowest BCUT2D eigenvalue weighted by Crippen LogP contribution is -2.35. The molecule has 2 fully saturated rings. The van der Waals surface area contributed by atoms with Gasteiger partial charge in [-0.05, 0) is 38.0 Å². The summed E-state index contributed by atoms with van der Waals surface area (Å²) in [6.07, 6.45) is 4.14. The Bertz CT molecular complexity index is 757. The van der Waals surface area contributed by atoms with Gasteiger partial charge in [-0.2, -0.15) is 0 Å². The van der Waals surface area contributed by atoms with Crippen LogP contribution in [0.25, 0.3) is 0 Å². The Morgan fingerprint density at radius 3 is 2.81 bits per heavy atom. The number of carbonyl (C=O) groups excluding carboxylic acids is 3. The Morgan fingerprint density at radius 1 is 1.27 bits per heavy atom. The van der Waals surface area contributed by atoms with E-state index in [-0.39, 0.29) is 30.1 Å². The standard InChI is InChI=1S/C19H23N3O4/c1-11-18(24)21-15-9-13(6-7-16(15)26-11)20-19(25)12-8-17(23)22(10-12)14-4-2-3-5-14/h6-7,9,11-12,14H,2-5,8,10H2,1H3,(H,20,25)(H,21,24)/t11-,12+/m0/s1. The maximum absolute atomic E-state index is 12.6. The molecule has 0 aromatic heterocycles. The van der Waals surface area contributed by atoms with E-state index in [1.807, 2.05) is 4.90 Å². The number of hydrogen-bond donors (Lipinski definition) is 2. The van der Waals surface area contributed by atoms with Gasteiger partial charge in [0.2, 0.25) is 11.8 Å². The lowest BCUT2D eigenvalue weighted by molar-refractivity contribution is -0.130. The molecule has 1 aromatic rings. The molecular formula is C19H23N3O4. The number of hydrogen-bond acceptors (Lipinski definition) is 4. The fourth-order valence-corrected chi connectivity index (χ4v) is 4.01. The van der Waals surface area contributed by atoms with Crippen molar-refractivity contribution in [3.63, 3.8) is 0 Å². The van der Waals surface area contributed by atoms with Gasteiger partial charge in [0.1, 0.15) is 5.75 Å². The molecule has 2 heterocycles. The third-order valence-electron chi connectivity index (χ3n) is 5.47. The van der Waals surface area contributed by atoms with Gasteiger partial charge in [-0.3, -0.25) is 14.4 Å². The fourth-order valence-electron chi connectivity index (χ4n) is 4.01. The average Bonchev–Trinajstić information content (AvgIpc) is 3.25. The zero-order valence-corrected chi connectivity index (χ0v) is 14.8. The van der Waals surface area contributed by atoms with Crippen molar-refractivity contribution in [2.75, 3.05) is 17.2 Å². The molecule has 1 saturated carbocycles. The Balaban J connectivity index is 1.41. The predicted octanol–water partition coefficient (Wildman–Crippen LogP) is 2.14. The molecule has 0 bridgehead atoms. The molecule has 4 rings (SSSR count). The van der Waals surface area contributed by atoms with Crippen LogP contribution in [0.5, 0.6) is 5.75 Å². The molecule has 2 N–H and O–H groups in total. The summed E-state index contributed by atoms with van der Waals surface area (Å²) in [7, 11) is 0. The van der Waals surface area contributed by atoms with Gasteiger partial charge in [0.15, 0.2) is 6.10 Å². The van der Waals surface area contributed by atoms with E-state index < -0.39 is 6.10 Å². The van der Waals surface area contributed by atoms with Crippen LogP contribution in [0.4, 0.5) is 11.4 Å². The SMILES string of the molecule is C[C@@H]1Oc2ccc(NC(=O)[C@@H]3CC(=O)N(C4CCCC4)C3)cc2NC1=O. The Kier molecular flexibility index (Phi) is 4.30. The first-order valence-corrected chi connectivity index (χ1v) is 9.23. The van der Waals surface area contributed by atoms with E-state index in [4.69, 9.17) is 4.74 Å². The zero-order valence-electron chi connectivity index (χ0n) is 14.8. The van der Waals surface area contributed by atoms with Crippen molar-refractivity contribution in [1.29, 1.82) is 0 Å². The van der Waals surface area contributed by atoms with Crippen molar-refractivity contribution in [1.82, 2.24) is 4.90 Å². The summed E-state index contributed by atoms with van der Waals surface area (Å²) in [5.41, 5.74) is 1.12. The highest BCUT2D eigenvalue weighted by Gasteiger charge is 2.38. The highest BCUT2D eigenvalue weighted by molar-refractivity contribution is 6.00. The van der Waals surface area contributed by atoms with Crippen molar-refractivity contribution in [2.45, 2.75) is 51.2 Å². The molecule has 0 spiro atoms. The summed E-state index contributed by atoms with van der Waals surface area (Å²) in [5, 5.41) is 5.63. The molecule has 0 unspecified atom stereocenters. The fraction of sp³-hybridized carbons (Fsp3) is 0.526. The van der Waals surface area contributed by atoms with Crippen molar-refractivity contribution in [2.24, 2.45) is 5.92 Å². The second-order valence-electron chi connectivity index (χ2n) is 7.33. The van der Waals surface area contributed by atoms with E-state index in [9.17, 15) is 14.4 Å². The van der Waals surface area contributed by atoms with E-state index in [0.29, 0.717) is 29.7 Å². The normalized spacial score (nSPS) is 25.7. The van der Waals surface area contributed by atoms with Crippen molar-refractivity contribution in [3.05, 3.63) is 18.2 Å². The first-order chi connectivity index (χ1) is 12.5. The monoisotopic (exact) mass is 357 g/mol. The van der Waals surface area contributed by atoms with Crippen LogP contribution in [0, 0.1) is 5.92 Å². The summed E-state index contributed by atoms with van der Waals surface area (Å²) in [6, 6.07) is 5.46. The second kappa shape index (κ2) is 6.63. The Hall–Kier alpha value is -2.57. The van der Waals surface area contributed by atoms with Gasteiger partial charge >= 0.3 is 0 Å². The summed E-state index contributed by atoms with van der Waals surface area (Å²) in [4.78, 5) is 38.5. The van der Waals surface area contributed by atoms with E-state index in [2.05, 4.69) is 10.6 Å². The van der Waals surface area contributed by atoms with Gasteiger partial charge in [0.25, 0.3) is 5.91 Å². The maximum atomic E-state index is 12.6. The van der Waals surface area contributed by atoms with Gasteiger partial charge in [0.05, 0.1) is 11.6 Å². The molecule has 1 aromatic carbocycles. The van der Waals surface area contributed by atoms with Crippen LogP contribution < -0.4 is 15.4 Å². The number of ether oxygens (including phenoxy) is 1. The molecule has 138 valence electrons. The number of nitrogens with one attached hydrogen (secondary N) is 2. The summed E-state index contributed by atoms with van der Waals surface area (Å²) >= 11 is 0. The maximum Gasteiger partial charge on any atom is 0.265 e. The molecule has 3 aliphatic rings. The second-order valence-corrected chi connectivity index (χ2v) is 7.33. The highest BCUT2D eigenvalue weighted by atomic mass is 16.5. The first-order valence-electron chi connectivity index (χ1n) is 9.23. The Labute approximate surface area is 152 Å². The van der Waals surface area contributed by atoms with Crippen LogP contribution in [-0.4, -0.2) is 41.3 Å². The molecule has 2 atom stereocenters. The van der Waals surface area contributed by atoms with Gasteiger partial charge < -0.3 is 20.3 Å². The lowest BCUT2D eigenvalue weighted by atomic mass is 10.1. The molecular weight excluding hydrogens is 334 g/mol.